The van der Waals surface area contributed by atoms with Crippen LogP contribution in [0.3, 0.4) is 0 Å². The van der Waals surface area contributed by atoms with Crippen molar-refractivity contribution in [3.05, 3.63) is 21.0 Å². The van der Waals surface area contributed by atoms with Gasteiger partial charge in [-0.2, -0.15) is 0 Å². The summed E-state index contributed by atoms with van der Waals surface area (Å²) in [6.07, 6.45) is -1.50. The Morgan fingerprint density at radius 2 is 2.17 bits per heavy atom. The van der Waals surface area contributed by atoms with Gasteiger partial charge in [0.15, 0.2) is 5.75 Å². The zero-order chi connectivity index (χ0) is 9.30. The SMILES string of the molecule is Cc1c(C(F)F)cnc(I)c1O. The molecule has 1 heterocycles. The third-order valence-corrected chi connectivity index (χ3v) is 2.33. The van der Waals surface area contributed by atoms with Gasteiger partial charge in [0, 0.05) is 17.3 Å². The second-order valence-electron chi connectivity index (χ2n) is 2.28. The minimum atomic E-state index is -2.58. The van der Waals surface area contributed by atoms with Crippen LogP contribution in [-0.2, 0) is 0 Å². The second-order valence-corrected chi connectivity index (χ2v) is 3.30. The van der Waals surface area contributed by atoms with Gasteiger partial charge in [0.2, 0.25) is 0 Å². The molecule has 2 nitrogen and oxygen atoms in total. The van der Waals surface area contributed by atoms with E-state index in [1.807, 2.05) is 0 Å². The molecule has 0 saturated heterocycles. The van der Waals surface area contributed by atoms with Gasteiger partial charge in [0.1, 0.15) is 3.70 Å². The molecule has 5 heteroatoms. The summed E-state index contributed by atoms with van der Waals surface area (Å²) in [7, 11) is 0. The fraction of sp³-hybridized carbons (Fsp3) is 0.286. The number of rotatable bonds is 1. The van der Waals surface area contributed by atoms with E-state index in [9.17, 15) is 13.9 Å². The molecule has 1 N–H and O–H groups in total. The summed E-state index contributed by atoms with van der Waals surface area (Å²) in [6.45, 7) is 1.45. The van der Waals surface area contributed by atoms with Crippen LogP contribution in [0.25, 0.3) is 0 Å². The highest BCUT2D eigenvalue weighted by Gasteiger charge is 2.15. The minimum Gasteiger partial charge on any atom is -0.505 e. The van der Waals surface area contributed by atoms with E-state index < -0.39 is 6.43 Å². The first-order chi connectivity index (χ1) is 5.54. The molecule has 0 aliphatic heterocycles. The summed E-state index contributed by atoms with van der Waals surface area (Å²) in [6, 6.07) is 0. The third kappa shape index (κ3) is 1.65. The Morgan fingerprint density at radius 3 is 2.67 bits per heavy atom. The standard InChI is InChI=1S/C7H6F2INO/c1-3-4(6(8)9)2-11-7(10)5(3)12/h2,6,12H,1H3. The lowest BCUT2D eigenvalue weighted by Crippen LogP contribution is -1.94. The molecule has 0 saturated carbocycles. The van der Waals surface area contributed by atoms with Crippen LogP contribution >= 0.6 is 22.6 Å². The van der Waals surface area contributed by atoms with Gasteiger partial charge in [0.25, 0.3) is 6.43 Å². The molecule has 1 aromatic heterocycles. The first-order valence-electron chi connectivity index (χ1n) is 3.16. The normalized spacial score (nSPS) is 10.8. The molecule has 0 fully saturated rings. The van der Waals surface area contributed by atoms with Gasteiger partial charge >= 0.3 is 0 Å². The van der Waals surface area contributed by atoms with E-state index in [0.29, 0.717) is 3.70 Å². The fourth-order valence-corrected chi connectivity index (χ4v) is 1.34. The Morgan fingerprint density at radius 1 is 1.58 bits per heavy atom. The summed E-state index contributed by atoms with van der Waals surface area (Å²) < 4.78 is 24.7. The smallest absolute Gasteiger partial charge is 0.265 e. The molecule has 12 heavy (non-hydrogen) atoms. The number of nitrogens with zero attached hydrogens (tertiary/aromatic N) is 1. The number of aromatic hydroxyl groups is 1. The van der Waals surface area contributed by atoms with Crippen molar-refractivity contribution >= 4 is 22.6 Å². The Balaban J connectivity index is 3.27. The minimum absolute atomic E-state index is 0.159. The summed E-state index contributed by atoms with van der Waals surface area (Å²) in [4.78, 5) is 3.62. The predicted octanol–water partition coefficient (Wildman–Crippen LogP) is 2.64. The molecule has 0 atom stereocenters. The quantitative estimate of drug-likeness (QED) is 0.635. The Kier molecular flexibility index (Phi) is 2.81. The van der Waals surface area contributed by atoms with Gasteiger partial charge in [0.05, 0.1) is 0 Å². The molecule has 1 rings (SSSR count). The third-order valence-electron chi connectivity index (χ3n) is 1.54. The van der Waals surface area contributed by atoms with Crippen molar-refractivity contribution in [3.8, 4) is 5.75 Å². The number of aromatic nitrogens is 1. The lowest BCUT2D eigenvalue weighted by Gasteiger charge is -2.06. The zero-order valence-corrected chi connectivity index (χ0v) is 8.34. The number of pyridine rings is 1. The first kappa shape index (κ1) is 9.63. The van der Waals surface area contributed by atoms with Crippen LogP contribution < -0.4 is 0 Å². The van der Waals surface area contributed by atoms with E-state index in [1.54, 1.807) is 22.6 Å². The highest BCUT2D eigenvalue weighted by molar-refractivity contribution is 14.1. The van der Waals surface area contributed by atoms with Crippen molar-refractivity contribution in [2.24, 2.45) is 0 Å². The number of hydrogen-bond donors (Lipinski definition) is 1. The molecule has 0 unspecified atom stereocenters. The lowest BCUT2D eigenvalue weighted by molar-refractivity contribution is 0.149. The van der Waals surface area contributed by atoms with Crippen LogP contribution in [-0.4, -0.2) is 10.1 Å². The Labute approximate surface area is 81.8 Å². The molecule has 0 bridgehead atoms. The monoisotopic (exact) mass is 285 g/mol. The maximum atomic E-state index is 12.2. The number of hydrogen-bond acceptors (Lipinski definition) is 2. The highest BCUT2D eigenvalue weighted by atomic mass is 127. The molecule has 0 aliphatic carbocycles. The molecule has 0 amide bonds. The van der Waals surface area contributed by atoms with E-state index in [1.165, 1.54) is 6.92 Å². The summed E-state index contributed by atoms with van der Waals surface area (Å²) in [5.41, 5.74) is -0.0164. The van der Waals surface area contributed by atoms with Crippen molar-refractivity contribution in [1.82, 2.24) is 4.98 Å². The molecule has 1 aromatic rings. The first-order valence-corrected chi connectivity index (χ1v) is 4.24. The summed E-state index contributed by atoms with van der Waals surface area (Å²) in [5.74, 6) is -0.159. The number of alkyl halides is 2. The summed E-state index contributed by atoms with van der Waals surface area (Å²) in [5, 5.41) is 9.23. The van der Waals surface area contributed by atoms with Crippen molar-refractivity contribution in [2.45, 2.75) is 13.3 Å². The molecule has 0 spiro atoms. The van der Waals surface area contributed by atoms with Crippen LogP contribution in [0, 0.1) is 10.6 Å². The second kappa shape index (κ2) is 3.51. The van der Waals surface area contributed by atoms with E-state index in [0.717, 1.165) is 6.20 Å². The maximum absolute atomic E-state index is 12.2. The topological polar surface area (TPSA) is 33.1 Å². The molecule has 66 valence electrons. The van der Waals surface area contributed by atoms with Gasteiger partial charge in [-0.15, -0.1) is 0 Å². The molecule has 0 aromatic carbocycles. The van der Waals surface area contributed by atoms with Crippen LogP contribution in [0.5, 0.6) is 5.75 Å². The summed E-state index contributed by atoms with van der Waals surface area (Å²) >= 11 is 1.78. The highest BCUT2D eigenvalue weighted by Crippen LogP contribution is 2.30. The van der Waals surface area contributed by atoms with Crippen molar-refractivity contribution in [1.29, 1.82) is 0 Å². The van der Waals surface area contributed by atoms with Crippen molar-refractivity contribution in [3.63, 3.8) is 0 Å². The Hall–Kier alpha value is -0.460. The predicted molar refractivity (Wildman–Crippen MR) is 48.3 cm³/mol. The largest absolute Gasteiger partial charge is 0.505 e. The van der Waals surface area contributed by atoms with Gasteiger partial charge in [-0.05, 0) is 29.5 Å². The maximum Gasteiger partial charge on any atom is 0.265 e. The van der Waals surface area contributed by atoms with Gasteiger partial charge in [-0.25, -0.2) is 13.8 Å². The van der Waals surface area contributed by atoms with Crippen LogP contribution in [0.15, 0.2) is 6.20 Å². The van der Waals surface area contributed by atoms with Gasteiger partial charge in [-0.3, -0.25) is 0 Å². The molecular weight excluding hydrogens is 279 g/mol. The zero-order valence-electron chi connectivity index (χ0n) is 6.18. The van der Waals surface area contributed by atoms with Crippen molar-refractivity contribution < 1.29 is 13.9 Å². The van der Waals surface area contributed by atoms with Crippen molar-refractivity contribution in [2.75, 3.05) is 0 Å². The van der Waals surface area contributed by atoms with E-state index in [4.69, 9.17) is 0 Å². The van der Waals surface area contributed by atoms with Crippen LogP contribution in [0.1, 0.15) is 17.6 Å². The van der Waals surface area contributed by atoms with Crippen LogP contribution in [0.4, 0.5) is 8.78 Å². The fourth-order valence-electron chi connectivity index (χ4n) is 0.796. The average molecular weight is 285 g/mol. The van der Waals surface area contributed by atoms with Gasteiger partial charge in [-0.1, -0.05) is 0 Å². The van der Waals surface area contributed by atoms with Gasteiger partial charge < -0.3 is 5.11 Å². The lowest BCUT2D eigenvalue weighted by atomic mass is 10.1. The van der Waals surface area contributed by atoms with E-state index >= 15 is 0 Å². The van der Waals surface area contributed by atoms with E-state index in [2.05, 4.69) is 4.98 Å². The average Bonchev–Trinajstić information content (AvgIpc) is 2.00. The number of halogens is 3. The molecule has 0 radical (unpaired) electrons. The van der Waals surface area contributed by atoms with E-state index in [-0.39, 0.29) is 16.9 Å². The Bertz CT molecular complexity index is 304. The molecule has 0 aliphatic rings. The van der Waals surface area contributed by atoms with Crippen LogP contribution in [0.2, 0.25) is 0 Å². The molecular formula is C7H6F2INO.